The number of rotatable bonds is 17. The molecule has 5 atom stereocenters. The second-order valence-corrected chi connectivity index (χ2v) is 12.7. The van der Waals surface area contributed by atoms with Crippen molar-refractivity contribution in [3.05, 3.63) is 65.7 Å². The first-order chi connectivity index (χ1) is 24.1. The van der Waals surface area contributed by atoms with E-state index in [4.69, 9.17) is 9.47 Å². The highest BCUT2D eigenvalue weighted by Crippen LogP contribution is 2.40. The molecule has 270 valence electrons. The van der Waals surface area contributed by atoms with Gasteiger partial charge in [0.25, 0.3) is 5.91 Å². The van der Waals surface area contributed by atoms with Crippen LogP contribution in [-0.4, -0.2) is 88.7 Å². The Hall–Kier alpha value is -5.14. The fourth-order valence-electron chi connectivity index (χ4n) is 6.74. The number of carbonyl (C=O) groups is 6. The number of amides is 4. The van der Waals surface area contributed by atoms with Crippen LogP contribution in [0.5, 0.6) is 5.75 Å². The molecule has 0 radical (unpaired) electrons. The van der Waals surface area contributed by atoms with Crippen molar-refractivity contribution in [2.45, 2.75) is 95.0 Å². The summed E-state index contributed by atoms with van der Waals surface area (Å²) in [5, 5.41) is 27.5. The predicted molar refractivity (Wildman–Crippen MR) is 180 cm³/mol. The Morgan fingerprint density at radius 1 is 0.880 bits per heavy atom. The first-order valence-corrected chi connectivity index (χ1v) is 17.0. The molecule has 2 aliphatic rings. The second-order valence-electron chi connectivity index (χ2n) is 12.7. The summed E-state index contributed by atoms with van der Waals surface area (Å²) >= 11 is 0. The first kappa shape index (κ1) is 37.7. The summed E-state index contributed by atoms with van der Waals surface area (Å²) in [7, 11) is 1.40. The molecule has 1 saturated carbocycles. The number of fused-ring (bicyclic) bond motifs is 1. The van der Waals surface area contributed by atoms with E-state index < -0.39 is 53.9 Å². The Bertz CT molecular complexity index is 1500. The van der Waals surface area contributed by atoms with E-state index >= 15 is 0 Å². The van der Waals surface area contributed by atoms with Gasteiger partial charge in [-0.25, -0.2) is 14.4 Å². The van der Waals surface area contributed by atoms with Crippen LogP contribution in [0, 0.1) is 5.92 Å². The summed E-state index contributed by atoms with van der Waals surface area (Å²) in [6.07, 6.45) is 3.57. The zero-order chi connectivity index (χ0) is 36.0. The normalized spacial score (nSPS) is 19.3. The van der Waals surface area contributed by atoms with Gasteiger partial charge in [0.05, 0.1) is 12.7 Å². The topological polar surface area (TPSA) is 201 Å². The van der Waals surface area contributed by atoms with Gasteiger partial charge < -0.3 is 40.5 Å². The summed E-state index contributed by atoms with van der Waals surface area (Å²) in [6.45, 7) is 0.345. The quantitative estimate of drug-likeness (QED) is 0.153. The molecule has 0 unspecified atom stereocenters. The number of likely N-dealkylation sites (tertiary alicyclic amines) is 1. The number of benzene rings is 2. The third-order valence-electron chi connectivity index (χ3n) is 9.30. The lowest BCUT2D eigenvalue weighted by Gasteiger charge is -2.33. The molecule has 2 aromatic carbocycles. The van der Waals surface area contributed by atoms with Gasteiger partial charge in [0.2, 0.25) is 11.8 Å². The van der Waals surface area contributed by atoms with Crippen molar-refractivity contribution in [2.75, 3.05) is 13.7 Å². The predicted octanol–water partition coefficient (Wildman–Crippen LogP) is 3.48. The average molecular weight is 695 g/mol. The number of alkyl carbamates (subject to hydrolysis) is 1. The molecule has 0 aromatic heterocycles. The zero-order valence-electron chi connectivity index (χ0n) is 28.2. The number of ether oxygens (including phenoxy) is 2. The van der Waals surface area contributed by atoms with Crippen molar-refractivity contribution >= 4 is 35.8 Å². The van der Waals surface area contributed by atoms with E-state index in [2.05, 4.69) is 16.0 Å². The van der Waals surface area contributed by atoms with Crippen LogP contribution < -0.4 is 20.7 Å². The number of aliphatic carboxylic acids is 2. The van der Waals surface area contributed by atoms with Crippen LogP contribution in [0.25, 0.3) is 0 Å². The van der Waals surface area contributed by atoms with Gasteiger partial charge in [-0.3, -0.25) is 14.4 Å². The number of hydrogen-bond donors (Lipinski definition) is 5. The molecule has 4 amide bonds. The molecule has 14 heteroatoms. The third kappa shape index (κ3) is 10.4. The van der Waals surface area contributed by atoms with Crippen LogP contribution in [0.15, 0.2) is 54.6 Å². The molecule has 50 heavy (non-hydrogen) atoms. The standard InChI is InChI=1S/C36H46N4O10/c1-49-30-17-8-6-14-25(30)32(42)38-26(15-9-10-20-37-36(48)50-22-23-11-3-2-4-12-23)33(43)39-27(34(44)45)18-19-31(41)40-28-16-7-5-13-24(28)21-29(40)35(46)47/h2-4,6,8,11-12,14,17,24,26-29H,5,7,9-10,13,15-16,18-22H2,1H3,(H,37,48)(H,38,42)(H,39,43)(H,44,45)(H,46,47)/t24-,26-,27+,28-,29-/m0/s1. The molecule has 2 fully saturated rings. The number of methoxy groups -OCH3 is 1. The lowest BCUT2D eigenvalue weighted by molar-refractivity contribution is -0.150. The van der Waals surface area contributed by atoms with E-state index in [1.54, 1.807) is 18.2 Å². The highest BCUT2D eigenvalue weighted by atomic mass is 16.5. The number of carboxylic acid groups (broad SMARTS) is 2. The summed E-state index contributed by atoms with van der Waals surface area (Å²) in [5.41, 5.74) is 1.01. The smallest absolute Gasteiger partial charge is 0.407 e. The SMILES string of the molecule is COc1ccccc1C(=O)N[C@@H](CCCCNC(=O)OCc1ccccc1)C(=O)N[C@H](CCC(=O)N1[C@H](C(=O)O)C[C@@H]2CCCC[C@@H]21)C(=O)O. The lowest BCUT2D eigenvalue weighted by Crippen LogP contribution is -2.52. The van der Waals surface area contributed by atoms with Crippen LogP contribution in [0.3, 0.4) is 0 Å². The largest absolute Gasteiger partial charge is 0.496 e. The van der Waals surface area contributed by atoms with Crippen LogP contribution in [0.1, 0.15) is 80.1 Å². The number of nitrogens with one attached hydrogen (secondary N) is 3. The molecule has 1 saturated heterocycles. The first-order valence-electron chi connectivity index (χ1n) is 17.0. The van der Waals surface area contributed by atoms with Crippen molar-refractivity contribution in [3.63, 3.8) is 0 Å². The minimum atomic E-state index is -1.47. The molecule has 0 bridgehead atoms. The van der Waals surface area contributed by atoms with Gasteiger partial charge in [0.1, 0.15) is 30.5 Å². The molecule has 5 N–H and O–H groups in total. The molecule has 14 nitrogen and oxygen atoms in total. The van der Waals surface area contributed by atoms with Crippen LogP contribution in [0.4, 0.5) is 4.79 Å². The number of para-hydroxylation sites is 1. The van der Waals surface area contributed by atoms with Crippen molar-refractivity contribution in [3.8, 4) is 5.75 Å². The van der Waals surface area contributed by atoms with E-state index in [-0.39, 0.29) is 55.7 Å². The van der Waals surface area contributed by atoms with Gasteiger partial charge in [0.15, 0.2) is 0 Å². The molecular weight excluding hydrogens is 648 g/mol. The maximum Gasteiger partial charge on any atom is 0.407 e. The van der Waals surface area contributed by atoms with E-state index in [9.17, 15) is 39.0 Å². The van der Waals surface area contributed by atoms with Crippen molar-refractivity contribution in [1.82, 2.24) is 20.9 Å². The maximum absolute atomic E-state index is 13.5. The number of unbranched alkanes of at least 4 members (excludes halogenated alkanes) is 1. The minimum Gasteiger partial charge on any atom is -0.496 e. The molecule has 1 aliphatic heterocycles. The Morgan fingerprint density at radius 3 is 2.32 bits per heavy atom. The van der Waals surface area contributed by atoms with E-state index in [1.807, 2.05) is 30.3 Å². The summed E-state index contributed by atoms with van der Waals surface area (Å²) in [6, 6.07) is 11.9. The summed E-state index contributed by atoms with van der Waals surface area (Å²) in [4.78, 5) is 77.8. The average Bonchev–Trinajstić information content (AvgIpc) is 3.52. The molecule has 1 heterocycles. The van der Waals surface area contributed by atoms with Crippen molar-refractivity contribution in [1.29, 1.82) is 0 Å². The van der Waals surface area contributed by atoms with Crippen molar-refractivity contribution < 1.29 is 48.5 Å². The zero-order valence-corrected chi connectivity index (χ0v) is 28.2. The van der Waals surface area contributed by atoms with Crippen LogP contribution in [0.2, 0.25) is 0 Å². The van der Waals surface area contributed by atoms with Gasteiger partial charge in [-0.15, -0.1) is 0 Å². The molecule has 4 rings (SSSR count). The Morgan fingerprint density at radius 2 is 1.60 bits per heavy atom. The summed E-state index contributed by atoms with van der Waals surface area (Å²) < 4.78 is 10.5. The highest BCUT2D eigenvalue weighted by Gasteiger charge is 2.47. The third-order valence-corrected chi connectivity index (χ3v) is 9.30. The van der Waals surface area contributed by atoms with Gasteiger partial charge >= 0.3 is 18.0 Å². The van der Waals surface area contributed by atoms with E-state index in [0.717, 1.165) is 24.8 Å². The fourth-order valence-corrected chi connectivity index (χ4v) is 6.74. The van der Waals surface area contributed by atoms with E-state index in [1.165, 1.54) is 18.1 Å². The van der Waals surface area contributed by atoms with Gasteiger partial charge in [0, 0.05) is 19.0 Å². The van der Waals surface area contributed by atoms with Gasteiger partial charge in [-0.05, 0) is 68.6 Å². The van der Waals surface area contributed by atoms with Crippen molar-refractivity contribution in [2.24, 2.45) is 5.92 Å². The Balaban J connectivity index is 1.35. The molecule has 2 aromatic rings. The maximum atomic E-state index is 13.5. The minimum absolute atomic E-state index is 0.103. The number of nitrogens with zero attached hydrogens (tertiary/aromatic N) is 1. The number of carboxylic acids is 2. The van der Waals surface area contributed by atoms with Crippen LogP contribution in [-0.2, 0) is 30.5 Å². The fraction of sp³-hybridized carbons (Fsp3) is 0.500. The highest BCUT2D eigenvalue weighted by molar-refractivity contribution is 6.00. The lowest BCUT2D eigenvalue weighted by atomic mass is 9.84. The van der Waals surface area contributed by atoms with Gasteiger partial charge in [-0.1, -0.05) is 55.3 Å². The Labute approximate surface area is 290 Å². The van der Waals surface area contributed by atoms with Gasteiger partial charge in [-0.2, -0.15) is 0 Å². The monoisotopic (exact) mass is 694 g/mol. The molecular formula is C36H46N4O10. The molecule has 1 aliphatic carbocycles. The van der Waals surface area contributed by atoms with E-state index in [0.29, 0.717) is 25.7 Å². The molecule has 0 spiro atoms. The Kier molecular flexibility index (Phi) is 14.0. The number of carbonyl (C=O) groups excluding carboxylic acids is 4. The number of hydrogen-bond acceptors (Lipinski definition) is 8. The second kappa shape index (κ2) is 18.6. The summed E-state index contributed by atoms with van der Waals surface area (Å²) in [5.74, 6) is -3.89. The van der Waals surface area contributed by atoms with Crippen LogP contribution >= 0.6 is 0 Å².